The number of piperazine rings is 1. The van der Waals surface area contributed by atoms with Gasteiger partial charge in [-0.3, -0.25) is 9.69 Å². The number of ether oxygens (including phenoxy) is 2. The predicted octanol–water partition coefficient (Wildman–Crippen LogP) is 3.19. The molecular weight excluding hydrogens is 444 g/mol. The largest absolute Gasteiger partial charge is 0.493 e. The van der Waals surface area contributed by atoms with Gasteiger partial charge >= 0.3 is 0 Å². The summed E-state index contributed by atoms with van der Waals surface area (Å²) in [6.45, 7) is 3.27. The number of hydrogen-bond donors (Lipinski definition) is 0. The van der Waals surface area contributed by atoms with Crippen molar-refractivity contribution in [1.29, 1.82) is 0 Å². The number of methoxy groups -OCH3 is 2. The van der Waals surface area contributed by atoms with E-state index in [0.29, 0.717) is 36.4 Å². The number of fused-ring (bicyclic) bond motifs is 1. The Morgan fingerprint density at radius 1 is 0.886 bits per heavy atom. The molecule has 1 aliphatic heterocycles. The van der Waals surface area contributed by atoms with E-state index in [4.69, 9.17) is 9.47 Å². The highest BCUT2D eigenvalue weighted by atomic mass is 16.5. The van der Waals surface area contributed by atoms with Crippen molar-refractivity contribution in [1.82, 2.24) is 19.9 Å². The summed E-state index contributed by atoms with van der Waals surface area (Å²) in [6, 6.07) is 12.1. The smallest absolute Gasteiger partial charge is 0.248 e. The average Bonchev–Trinajstić information content (AvgIpc) is 2.89. The molecule has 35 heavy (non-hydrogen) atoms. The van der Waals surface area contributed by atoms with Crippen molar-refractivity contribution in [2.45, 2.75) is 13.3 Å². The molecule has 0 bridgehead atoms. The SMILES string of the molecule is COc1cc2ncnc(N3CCN(c4ncc(Cc5ccc(C)cc5)cn4)C(=O)C3)c2cc1OC. The third kappa shape index (κ3) is 4.57. The molecule has 3 heterocycles. The van der Waals surface area contributed by atoms with Gasteiger partial charge in [0.1, 0.15) is 12.1 Å². The molecule has 5 rings (SSSR count). The minimum Gasteiger partial charge on any atom is -0.493 e. The van der Waals surface area contributed by atoms with Crippen LogP contribution in [0.15, 0.2) is 55.1 Å². The monoisotopic (exact) mass is 470 g/mol. The number of hydrogen-bond acceptors (Lipinski definition) is 8. The van der Waals surface area contributed by atoms with Gasteiger partial charge in [-0.1, -0.05) is 29.8 Å². The lowest BCUT2D eigenvalue weighted by Crippen LogP contribution is -2.51. The lowest BCUT2D eigenvalue weighted by atomic mass is 10.1. The normalized spacial score (nSPS) is 13.9. The van der Waals surface area contributed by atoms with E-state index in [-0.39, 0.29) is 12.5 Å². The average molecular weight is 471 g/mol. The Kier molecular flexibility index (Phi) is 6.13. The summed E-state index contributed by atoms with van der Waals surface area (Å²) in [4.78, 5) is 34.4. The maximum Gasteiger partial charge on any atom is 0.248 e. The zero-order valence-electron chi connectivity index (χ0n) is 19.9. The standard InChI is InChI=1S/C26H26N6O3/c1-17-4-6-18(7-5-17)10-19-13-27-26(28-14-19)32-9-8-31(15-24(32)33)25-20-11-22(34-2)23(35-3)12-21(20)29-16-30-25/h4-7,11-14,16H,8-10,15H2,1-3H3. The lowest BCUT2D eigenvalue weighted by Gasteiger charge is -2.34. The number of aryl methyl sites for hydroxylation is 1. The highest BCUT2D eigenvalue weighted by Gasteiger charge is 2.28. The van der Waals surface area contributed by atoms with Crippen LogP contribution in [-0.2, 0) is 11.2 Å². The molecule has 2 aromatic heterocycles. The van der Waals surface area contributed by atoms with Gasteiger partial charge in [-0.15, -0.1) is 0 Å². The van der Waals surface area contributed by atoms with E-state index in [1.54, 1.807) is 31.5 Å². The van der Waals surface area contributed by atoms with Gasteiger partial charge in [0.15, 0.2) is 11.5 Å². The Labute approximate surface area is 203 Å². The molecule has 9 heteroatoms. The number of carbonyl (C=O) groups is 1. The van der Waals surface area contributed by atoms with Crippen LogP contribution in [0, 0.1) is 6.92 Å². The molecule has 0 aliphatic carbocycles. The van der Waals surface area contributed by atoms with Gasteiger partial charge in [-0.2, -0.15) is 0 Å². The van der Waals surface area contributed by atoms with E-state index in [2.05, 4.69) is 51.1 Å². The number of anilines is 2. The van der Waals surface area contributed by atoms with Crippen molar-refractivity contribution in [2.24, 2.45) is 0 Å². The van der Waals surface area contributed by atoms with Crippen LogP contribution >= 0.6 is 0 Å². The third-order valence-electron chi connectivity index (χ3n) is 6.10. The summed E-state index contributed by atoms with van der Waals surface area (Å²) < 4.78 is 10.8. The van der Waals surface area contributed by atoms with Gasteiger partial charge in [0, 0.05) is 43.4 Å². The van der Waals surface area contributed by atoms with Crippen molar-refractivity contribution in [3.63, 3.8) is 0 Å². The molecule has 1 saturated heterocycles. The van der Waals surface area contributed by atoms with Crippen LogP contribution in [-0.4, -0.2) is 59.7 Å². The minimum atomic E-state index is -0.0882. The molecule has 0 spiro atoms. The van der Waals surface area contributed by atoms with Crippen molar-refractivity contribution >= 4 is 28.6 Å². The number of aromatic nitrogens is 4. The van der Waals surface area contributed by atoms with E-state index in [1.807, 2.05) is 17.0 Å². The maximum absolute atomic E-state index is 13.1. The van der Waals surface area contributed by atoms with Crippen molar-refractivity contribution in [3.05, 3.63) is 71.8 Å². The molecule has 0 unspecified atom stereocenters. The van der Waals surface area contributed by atoms with Gasteiger partial charge in [0.2, 0.25) is 11.9 Å². The van der Waals surface area contributed by atoms with E-state index in [0.717, 1.165) is 22.9 Å². The number of benzene rings is 2. The van der Waals surface area contributed by atoms with Crippen LogP contribution in [0.2, 0.25) is 0 Å². The van der Waals surface area contributed by atoms with Gasteiger partial charge in [-0.25, -0.2) is 19.9 Å². The molecule has 9 nitrogen and oxygen atoms in total. The second-order valence-corrected chi connectivity index (χ2v) is 8.44. The van der Waals surface area contributed by atoms with Gasteiger partial charge < -0.3 is 14.4 Å². The molecule has 2 aromatic carbocycles. The molecular formula is C26H26N6O3. The first-order chi connectivity index (χ1) is 17.1. The summed E-state index contributed by atoms with van der Waals surface area (Å²) in [7, 11) is 3.17. The fourth-order valence-corrected chi connectivity index (χ4v) is 4.21. The van der Waals surface area contributed by atoms with Gasteiger partial charge in [0.05, 0.1) is 26.3 Å². The zero-order chi connectivity index (χ0) is 24.4. The van der Waals surface area contributed by atoms with E-state index >= 15 is 0 Å². The summed E-state index contributed by atoms with van der Waals surface area (Å²) in [5.74, 6) is 2.18. The number of rotatable bonds is 6. The van der Waals surface area contributed by atoms with E-state index < -0.39 is 0 Å². The van der Waals surface area contributed by atoms with Crippen LogP contribution in [0.25, 0.3) is 10.9 Å². The van der Waals surface area contributed by atoms with Gasteiger partial charge in [0.25, 0.3) is 0 Å². The Morgan fingerprint density at radius 2 is 1.60 bits per heavy atom. The number of amides is 1. The zero-order valence-corrected chi connectivity index (χ0v) is 19.9. The van der Waals surface area contributed by atoms with Gasteiger partial charge in [-0.05, 0) is 24.1 Å². The van der Waals surface area contributed by atoms with Crippen LogP contribution in [0.1, 0.15) is 16.7 Å². The molecule has 0 atom stereocenters. The quantitative estimate of drug-likeness (QED) is 0.424. The Bertz CT molecular complexity index is 1360. The molecule has 1 aliphatic rings. The second-order valence-electron chi connectivity index (χ2n) is 8.44. The Morgan fingerprint density at radius 3 is 2.29 bits per heavy atom. The first kappa shape index (κ1) is 22.5. The topological polar surface area (TPSA) is 93.6 Å². The van der Waals surface area contributed by atoms with E-state index in [1.165, 1.54) is 17.5 Å². The van der Waals surface area contributed by atoms with Crippen LogP contribution in [0.5, 0.6) is 11.5 Å². The van der Waals surface area contributed by atoms with E-state index in [9.17, 15) is 4.79 Å². The van der Waals surface area contributed by atoms with Crippen LogP contribution < -0.4 is 19.3 Å². The predicted molar refractivity (Wildman–Crippen MR) is 133 cm³/mol. The number of nitrogens with zero attached hydrogens (tertiary/aromatic N) is 6. The molecule has 1 fully saturated rings. The second kappa shape index (κ2) is 9.54. The molecule has 0 N–H and O–H groups in total. The first-order valence-corrected chi connectivity index (χ1v) is 11.3. The fourth-order valence-electron chi connectivity index (χ4n) is 4.21. The summed E-state index contributed by atoms with van der Waals surface area (Å²) in [5.41, 5.74) is 4.14. The molecule has 1 amide bonds. The van der Waals surface area contributed by atoms with Crippen molar-refractivity contribution in [3.8, 4) is 11.5 Å². The molecule has 0 radical (unpaired) electrons. The highest BCUT2D eigenvalue weighted by molar-refractivity contribution is 5.99. The van der Waals surface area contributed by atoms with Crippen LogP contribution in [0.4, 0.5) is 11.8 Å². The molecule has 4 aromatic rings. The van der Waals surface area contributed by atoms with Crippen LogP contribution in [0.3, 0.4) is 0 Å². The first-order valence-electron chi connectivity index (χ1n) is 11.3. The molecule has 178 valence electrons. The third-order valence-corrected chi connectivity index (χ3v) is 6.10. The summed E-state index contributed by atoms with van der Waals surface area (Å²) >= 11 is 0. The fraction of sp³-hybridized carbons (Fsp3) is 0.269. The van der Waals surface area contributed by atoms with Crippen molar-refractivity contribution in [2.75, 3.05) is 43.7 Å². The summed E-state index contributed by atoms with van der Waals surface area (Å²) in [5, 5.41) is 0.795. The molecule has 0 saturated carbocycles. The Hall–Kier alpha value is -4.27. The summed E-state index contributed by atoms with van der Waals surface area (Å²) in [6.07, 6.45) is 5.83. The lowest BCUT2D eigenvalue weighted by molar-refractivity contribution is -0.118. The highest BCUT2D eigenvalue weighted by Crippen LogP contribution is 2.35. The number of carbonyl (C=O) groups excluding carboxylic acids is 1. The Balaban J connectivity index is 1.32. The maximum atomic E-state index is 13.1. The minimum absolute atomic E-state index is 0.0882. The van der Waals surface area contributed by atoms with Crippen molar-refractivity contribution < 1.29 is 14.3 Å².